The Morgan fingerprint density at radius 1 is 1.30 bits per heavy atom. The molecule has 0 saturated heterocycles. The van der Waals surface area contributed by atoms with Crippen molar-refractivity contribution >= 4 is 27.7 Å². The molecular weight excluding hydrogens is 488 g/mol. The lowest BCUT2D eigenvalue weighted by atomic mass is 9.46. The van der Waals surface area contributed by atoms with Crippen molar-refractivity contribution in [1.82, 2.24) is 24.9 Å². The molecule has 2 heterocycles. The number of hydrogen-bond donors (Lipinski definition) is 1. The van der Waals surface area contributed by atoms with E-state index in [1.807, 2.05) is 29.4 Å². The Labute approximate surface area is 201 Å². The van der Waals surface area contributed by atoms with Gasteiger partial charge in [0.1, 0.15) is 4.47 Å². The van der Waals surface area contributed by atoms with Gasteiger partial charge in [-0.3, -0.25) is 9.48 Å². The Bertz CT molecular complexity index is 1090. The molecule has 10 heteroatoms. The van der Waals surface area contributed by atoms with Gasteiger partial charge in [0, 0.05) is 24.7 Å². The predicted octanol–water partition coefficient (Wildman–Crippen LogP) is 4.64. The smallest absolute Gasteiger partial charge is 0.358 e. The fourth-order valence-corrected chi connectivity index (χ4v) is 7.84. The van der Waals surface area contributed by atoms with Crippen LogP contribution >= 0.6 is 15.9 Å². The maximum Gasteiger partial charge on any atom is 0.404 e. The van der Waals surface area contributed by atoms with E-state index in [9.17, 15) is 14.9 Å². The average Bonchev–Trinajstić information content (AvgIpc) is 3.29. The van der Waals surface area contributed by atoms with Crippen molar-refractivity contribution in [2.75, 3.05) is 0 Å². The maximum atomic E-state index is 13.2. The van der Waals surface area contributed by atoms with Crippen LogP contribution in [0.3, 0.4) is 0 Å². The third-order valence-corrected chi connectivity index (χ3v) is 8.71. The van der Waals surface area contributed by atoms with Crippen LogP contribution in [0, 0.1) is 34.3 Å². The second kappa shape index (κ2) is 7.92. The number of aryl methyl sites for hydroxylation is 2. The van der Waals surface area contributed by atoms with Crippen molar-refractivity contribution in [3.05, 3.63) is 38.2 Å². The summed E-state index contributed by atoms with van der Waals surface area (Å²) < 4.78 is 4.18. The SMILES string of the molecule is CCn1cc(C(C)NC(=O)CC23CC4CC(C2)CC(n2cc(Br)c([N+](=O)[O-])n2)(C4)C3)c(C)n1. The minimum atomic E-state index is -0.436. The van der Waals surface area contributed by atoms with E-state index in [2.05, 4.69) is 38.4 Å². The maximum absolute atomic E-state index is 13.2. The van der Waals surface area contributed by atoms with Crippen LogP contribution in [-0.4, -0.2) is 30.4 Å². The number of rotatable bonds is 7. The van der Waals surface area contributed by atoms with Crippen LogP contribution in [0.25, 0.3) is 0 Å². The summed E-state index contributed by atoms with van der Waals surface area (Å²) in [6, 6.07) is -0.0922. The van der Waals surface area contributed by atoms with Crippen molar-refractivity contribution in [3.63, 3.8) is 0 Å². The Morgan fingerprint density at radius 2 is 2.00 bits per heavy atom. The molecule has 0 aromatic carbocycles. The highest BCUT2D eigenvalue weighted by atomic mass is 79.9. The standard InChI is InChI=1S/C23H31BrN6O3/c1-4-28-11-18(15(3)26-28)14(2)25-20(31)10-22-6-16-5-17(7-22)9-23(8-16,13-22)29-12-19(24)21(27-29)30(32)33/h11-12,14,16-17H,4-10,13H2,1-3H3,(H,25,31). The summed E-state index contributed by atoms with van der Waals surface area (Å²) >= 11 is 3.32. The van der Waals surface area contributed by atoms with Gasteiger partial charge in [0.2, 0.25) is 5.91 Å². The molecule has 178 valence electrons. The van der Waals surface area contributed by atoms with Crippen molar-refractivity contribution in [3.8, 4) is 0 Å². The third-order valence-electron chi connectivity index (χ3n) is 8.15. The van der Waals surface area contributed by atoms with Crippen LogP contribution < -0.4 is 5.32 Å². The Balaban J connectivity index is 1.35. The van der Waals surface area contributed by atoms with Crippen molar-refractivity contribution in [1.29, 1.82) is 0 Å². The van der Waals surface area contributed by atoms with E-state index in [0.717, 1.165) is 49.9 Å². The number of carbonyl (C=O) groups excluding carboxylic acids is 1. The molecule has 33 heavy (non-hydrogen) atoms. The Hall–Kier alpha value is -2.23. The first kappa shape index (κ1) is 22.6. The topological polar surface area (TPSA) is 108 Å². The lowest BCUT2D eigenvalue weighted by Crippen LogP contribution is -2.57. The van der Waals surface area contributed by atoms with Gasteiger partial charge in [-0.15, -0.1) is 0 Å². The van der Waals surface area contributed by atoms with E-state index in [0.29, 0.717) is 22.7 Å². The summed E-state index contributed by atoms with van der Waals surface area (Å²) in [5.41, 5.74) is 1.71. The van der Waals surface area contributed by atoms with Gasteiger partial charge >= 0.3 is 5.82 Å². The van der Waals surface area contributed by atoms with Gasteiger partial charge in [0.25, 0.3) is 0 Å². The fraction of sp³-hybridized carbons (Fsp3) is 0.696. The molecule has 2 aromatic heterocycles. The minimum Gasteiger partial charge on any atom is -0.358 e. The molecule has 3 atom stereocenters. The normalized spacial score (nSPS) is 31.0. The van der Waals surface area contributed by atoms with Crippen molar-refractivity contribution < 1.29 is 9.72 Å². The summed E-state index contributed by atoms with van der Waals surface area (Å²) in [6.45, 7) is 6.85. The van der Waals surface area contributed by atoms with Gasteiger partial charge in [0.15, 0.2) is 0 Å². The van der Waals surface area contributed by atoms with Crippen LogP contribution in [0.5, 0.6) is 0 Å². The van der Waals surface area contributed by atoms with E-state index in [1.54, 1.807) is 6.20 Å². The number of amides is 1. The number of nitrogens with one attached hydrogen (secondary N) is 1. The van der Waals surface area contributed by atoms with Crippen molar-refractivity contribution in [2.24, 2.45) is 17.3 Å². The molecule has 4 aliphatic rings. The van der Waals surface area contributed by atoms with E-state index in [4.69, 9.17) is 0 Å². The summed E-state index contributed by atoms with van der Waals surface area (Å²) in [7, 11) is 0. The molecule has 0 spiro atoms. The summed E-state index contributed by atoms with van der Waals surface area (Å²) in [5.74, 6) is 1.04. The number of carbonyl (C=O) groups is 1. The van der Waals surface area contributed by atoms with E-state index < -0.39 is 4.92 Å². The number of nitrogens with zero attached hydrogens (tertiary/aromatic N) is 5. The molecule has 1 amide bonds. The molecule has 4 aliphatic carbocycles. The lowest BCUT2D eigenvalue weighted by Gasteiger charge is -2.61. The number of halogens is 1. The molecular formula is C23H31BrN6O3. The lowest BCUT2D eigenvalue weighted by molar-refractivity contribution is -0.390. The molecule has 4 fully saturated rings. The summed E-state index contributed by atoms with van der Waals surface area (Å²) in [4.78, 5) is 24.2. The molecule has 0 radical (unpaired) electrons. The highest BCUT2D eigenvalue weighted by molar-refractivity contribution is 9.10. The van der Waals surface area contributed by atoms with Gasteiger partial charge in [-0.25, -0.2) is 0 Å². The Morgan fingerprint density at radius 3 is 2.58 bits per heavy atom. The average molecular weight is 519 g/mol. The zero-order valence-corrected chi connectivity index (χ0v) is 21.0. The highest BCUT2D eigenvalue weighted by Crippen LogP contribution is 2.65. The first-order chi connectivity index (χ1) is 15.6. The van der Waals surface area contributed by atoms with Crippen LogP contribution in [0.1, 0.15) is 76.1 Å². The van der Waals surface area contributed by atoms with Gasteiger partial charge < -0.3 is 15.4 Å². The van der Waals surface area contributed by atoms with Gasteiger partial charge in [-0.2, -0.15) is 9.78 Å². The number of hydrogen-bond acceptors (Lipinski definition) is 5. The third kappa shape index (κ3) is 3.90. The molecule has 2 aromatic rings. The Kier molecular flexibility index (Phi) is 5.42. The fourth-order valence-electron chi connectivity index (χ4n) is 7.42. The van der Waals surface area contributed by atoms with Crippen LogP contribution in [0.2, 0.25) is 0 Å². The highest BCUT2D eigenvalue weighted by Gasteiger charge is 2.60. The second-order valence-electron chi connectivity index (χ2n) is 10.7. The first-order valence-corrected chi connectivity index (χ1v) is 12.6. The zero-order valence-electron chi connectivity index (χ0n) is 19.4. The quantitative estimate of drug-likeness (QED) is 0.424. The minimum absolute atomic E-state index is 0.0657. The molecule has 3 unspecified atom stereocenters. The molecule has 1 N–H and O–H groups in total. The monoisotopic (exact) mass is 518 g/mol. The number of aromatic nitrogens is 4. The second-order valence-corrected chi connectivity index (χ2v) is 11.5. The summed E-state index contributed by atoms with van der Waals surface area (Å²) in [5, 5.41) is 23.5. The van der Waals surface area contributed by atoms with Crippen LogP contribution in [0.15, 0.2) is 16.9 Å². The van der Waals surface area contributed by atoms with Gasteiger partial charge in [0.05, 0.1) is 28.6 Å². The van der Waals surface area contributed by atoms with Gasteiger partial charge in [-0.1, -0.05) is 0 Å². The molecule has 9 nitrogen and oxygen atoms in total. The largest absolute Gasteiger partial charge is 0.404 e. The molecule has 4 saturated carbocycles. The predicted molar refractivity (Wildman–Crippen MR) is 125 cm³/mol. The summed E-state index contributed by atoms with van der Waals surface area (Å²) in [6.07, 6.45) is 10.4. The molecule has 0 aliphatic heterocycles. The van der Waals surface area contributed by atoms with Crippen LogP contribution in [-0.2, 0) is 16.9 Å². The number of nitro groups is 1. The van der Waals surface area contributed by atoms with Crippen LogP contribution in [0.4, 0.5) is 5.82 Å². The van der Waals surface area contributed by atoms with E-state index in [-0.39, 0.29) is 28.7 Å². The molecule has 6 rings (SSSR count). The molecule has 4 bridgehead atoms. The van der Waals surface area contributed by atoms with Gasteiger partial charge in [-0.05, 0) is 97.4 Å². The zero-order chi connectivity index (χ0) is 23.5. The van der Waals surface area contributed by atoms with E-state index in [1.165, 1.54) is 6.42 Å². The first-order valence-electron chi connectivity index (χ1n) is 11.9. The van der Waals surface area contributed by atoms with Crippen molar-refractivity contribution in [2.45, 2.75) is 83.8 Å². The van der Waals surface area contributed by atoms with E-state index >= 15 is 0 Å².